The Bertz CT molecular complexity index is 206. The minimum absolute atomic E-state index is 0.0101. The molecule has 1 aliphatic heterocycles. The number of halogens is 2. The monoisotopic (exact) mass is 178 g/mol. The van der Waals surface area contributed by atoms with E-state index < -0.39 is 13.0 Å². The van der Waals surface area contributed by atoms with Crippen molar-refractivity contribution >= 4 is 6.21 Å². The molecule has 12 heavy (non-hydrogen) atoms. The highest BCUT2D eigenvalue weighted by Gasteiger charge is 2.08. The van der Waals surface area contributed by atoms with Gasteiger partial charge in [-0.1, -0.05) is 0 Å². The molecule has 0 spiro atoms. The van der Waals surface area contributed by atoms with E-state index in [1.54, 1.807) is 0 Å². The molecule has 0 radical (unpaired) electrons. The van der Waals surface area contributed by atoms with Gasteiger partial charge in [0.25, 0.3) is 6.43 Å². The number of hydroxylamine groups is 2. The van der Waals surface area contributed by atoms with E-state index in [1.807, 2.05) is 0 Å². The maximum Gasteiger partial charge on any atom is 0.272 e. The van der Waals surface area contributed by atoms with E-state index in [0.29, 0.717) is 0 Å². The number of alkyl halides is 2. The molecule has 0 aromatic carbocycles. The van der Waals surface area contributed by atoms with Crippen LogP contribution in [0.1, 0.15) is 0 Å². The summed E-state index contributed by atoms with van der Waals surface area (Å²) in [5.74, 6) is -0.0101. The van der Waals surface area contributed by atoms with Crippen molar-refractivity contribution in [1.82, 2.24) is 5.06 Å². The molecule has 68 valence electrons. The fourth-order valence-electron chi connectivity index (χ4n) is 0.651. The summed E-state index contributed by atoms with van der Waals surface area (Å²) in [6.45, 7) is -0.474. The normalized spacial score (nSPS) is 16.7. The Morgan fingerprint density at radius 3 is 3.08 bits per heavy atom. The number of hydrogen-bond acceptors (Lipinski definition) is 4. The maximum atomic E-state index is 11.6. The first-order chi connectivity index (χ1) is 5.68. The van der Waals surface area contributed by atoms with Crippen LogP contribution in [0.25, 0.3) is 0 Å². The van der Waals surface area contributed by atoms with Gasteiger partial charge < -0.3 is 4.74 Å². The van der Waals surface area contributed by atoms with Crippen LogP contribution in [0.2, 0.25) is 0 Å². The van der Waals surface area contributed by atoms with Gasteiger partial charge >= 0.3 is 0 Å². The van der Waals surface area contributed by atoms with E-state index in [0.717, 1.165) is 11.3 Å². The third kappa shape index (κ3) is 2.83. The summed E-state index contributed by atoms with van der Waals surface area (Å²) >= 11 is 0. The molecule has 0 bridgehead atoms. The zero-order valence-corrected chi connectivity index (χ0v) is 6.15. The molecule has 0 saturated heterocycles. The number of hydrogen-bond donors (Lipinski definition) is 1. The van der Waals surface area contributed by atoms with Crippen LogP contribution >= 0.6 is 0 Å². The third-order valence-corrected chi connectivity index (χ3v) is 1.10. The highest BCUT2D eigenvalue weighted by molar-refractivity contribution is 5.62. The van der Waals surface area contributed by atoms with Gasteiger partial charge in [-0.25, -0.2) is 13.8 Å². The molecule has 4 nitrogen and oxygen atoms in total. The highest BCUT2D eigenvalue weighted by atomic mass is 19.3. The molecule has 1 heterocycles. The fourth-order valence-corrected chi connectivity index (χ4v) is 0.651. The molecule has 0 aromatic heterocycles. The number of nitrogens with zero attached hydrogens (tertiary/aromatic N) is 2. The summed E-state index contributed by atoms with van der Waals surface area (Å²) < 4.78 is 27.7. The molecular weight excluding hydrogens is 170 g/mol. The van der Waals surface area contributed by atoms with Gasteiger partial charge in [0, 0.05) is 6.21 Å². The third-order valence-electron chi connectivity index (χ3n) is 1.10. The molecule has 0 amide bonds. The summed E-state index contributed by atoms with van der Waals surface area (Å²) in [6, 6.07) is 0. The summed E-state index contributed by atoms with van der Waals surface area (Å²) in [6.07, 6.45) is -0.0291. The maximum absolute atomic E-state index is 11.6. The molecule has 1 rings (SSSR count). The molecule has 1 aliphatic rings. The van der Waals surface area contributed by atoms with Crippen LogP contribution in [0.5, 0.6) is 0 Å². The summed E-state index contributed by atoms with van der Waals surface area (Å²) in [7, 11) is 0. The van der Waals surface area contributed by atoms with Crippen molar-refractivity contribution in [3.63, 3.8) is 0 Å². The Hall–Kier alpha value is -1.17. The van der Waals surface area contributed by atoms with Crippen molar-refractivity contribution in [1.29, 1.82) is 0 Å². The van der Waals surface area contributed by atoms with Crippen LogP contribution < -0.4 is 0 Å². The van der Waals surface area contributed by atoms with Crippen LogP contribution in [0.15, 0.2) is 17.1 Å². The van der Waals surface area contributed by atoms with Gasteiger partial charge in [0.1, 0.15) is 0 Å². The van der Waals surface area contributed by atoms with E-state index in [1.165, 1.54) is 6.21 Å². The van der Waals surface area contributed by atoms with Crippen LogP contribution in [0.4, 0.5) is 8.78 Å². The quantitative estimate of drug-likeness (QED) is 0.696. The lowest BCUT2D eigenvalue weighted by atomic mass is 10.6. The van der Waals surface area contributed by atoms with Crippen LogP contribution in [-0.2, 0) is 4.74 Å². The van der Waals surface area contributed by atoms with E-state index in [-0.39, 0.29) is 12.4 Å². The van der Waals surface area contributed by atoms with Gasteiger partial charge in [-0.2, -0.15) is 0 Å². The molecule has 0 atom stereocenters. The Morgan fingerprint density at radius 1 is 1.75 bits per heavy atom. The minimum atomic E-state index is -2.53. The van der Waals surface area contributed by atoms with Crippen molar-refractivity contribution in [3.05, 3.63) is 12.1 Å². The minimum Gasteiger partial charge on any atom is -0.471 e. The predicted molar refractivity (Wildman–Crippen MR) is 37.0 cm³/mol. The number of ether oxygens (including phenoxy) is 1. The van der Waals surface area contributed by atoms with Crippen molar-refractivity contribution in [2.75, 3.05) is 13.2 Å². The first kappa shape index (κ1) is 8.92. The molecule has 0 aliphatic carbocycles. The Balaban J connectivity index is 2.36. The van der Waals surface area contributed by atoms with E-state index in [2.05, 4.69) is 9.73 Å². The average Bonchev–Trinajstić information content (AvgIpc) is 2.01. The smallest absolute Gasteiger partial charge is 0.272 e. The Morgan fingerprint density at radius 2 is 2.50 bits per heavy atom. The van der Waals surface area contributed by atoms with Gasteiger partial charge in [0.05, 0.1) is 12.7 Å². The molecule has 0 fully saturated rings. The van der Waals surface area contributed by atoms with Crippen LogP contribution in [0.3, 0.4) is 0 Å². The lowest BCUT2D eigenvalue weighted by Crippen LogP contribution is -2.19. The zero-order chi connectivity index (χ0) is 8.97. The van der Waals surface area contributed by atoms with Gasteiger partial charge in [-0.3, -0.25) is 10.3 Å². The van der Waals surface area contributed by atoms with Crippen molar-refractivity contribution < 1.29 is 18.7 Å². The molecule has 0 aromatic rings. The molecule has 0 unspecified atom stereocenters. The van der Waals surface area contributed by atoms with Crippen molar-refractivity contribution in [2.45, 2.75) is 6.43 Å². The van der Waals surface area contributed by atoms with Crippen molar-refractivity contribution in [3.8, 4) is 0 Å². The lowest BCUT2D eigenvalue weighted by molar-refractivity contribution is -0.0344. The standard InChI is InChI=1S/C6H8F2N2O2/c7-5(8)4-12-6-3-10(11)2-1-9-6/h1,3,5,11H,2,4H2. The van der Waals surface area contributed by atoms with Crippen LogP contribution in [-0.4, -0.2) is 36.1 Å². The number of rotatable bonds is 3. The van der Waals surface area contributed by atoms with Gasteiger partial charge in [-0.15, -0.1) is 0 Å². The Labute approximate surface area is 67.7 Å². The molecule has 6 heteroatoms. The average molecular weight is 178 g/mol. The number of aliphatic imine (C=N–C) groups is 1. The second-order valence-corrected chi connectivity index (χ2v) is 2.10. The van der Waals surface area contributed by atoms with E-state index in [4.69, 9.17) is 5.21 Å². The highest BCUT2D eigenvalue weighted by Crippen LogP contribution is 2.06. The molecular formula is C6H8F2N2O2. The van der Waals surface area contributed by atoms with Gasteiger partial charge in [-0.05, 0) is 0 Å². The lowest BCUT2D eigenvalue weighted by Gasteiger charge is -2.14. The SMILES string of the molecule is ON1C=C(OCC(F)F)N=CC1. The van der Waals surface area contributed by atoms with Crippen molar-refractivity contribution in [2.24, 2.45) is 4.99 Å². The van der Waals surface area contributed by atoms with Gasteiger partial charge in [0.15, 0.2) is 6.61 Å². The zero-order valence-electron chi connectivity index (χ0n) is 6.15. The summed E-state index contributed by atoms with van der Waals surface area (Å²) in [4.78, 5) is 3.63. The first-order valence-corrected chi connectivity index (χ1v) is 3.29. The van der Waals surface area contributed by atoms with Gasteiger partial charge in [0.2, 0.25) is 5.88 Å². The topological polar surface area (TPSA) is 45.1 Å². The fraction of sp³-hybridized carbons (Fsp3) is 0.500. The molecule has 0 saturated carbocycles. The largest absolute Gasteiger partial charge is 0.471 e. The second kappa shape index (κ2) is 4.01. The predicted octanol–water partition coefficient (Wildman–Crippen LogP) is 0.843. The molecule has 1 N–H and O–H groups in total. The first-order valence-electron chi connectivity index (χ1n) is 3.29. The van der Waals surface area contributed by atoms with Crippen LogP contribution in [0, 0.1) is 0 Å². The van der Waals surface area contributed by atoms with E-state index in [9.17, 15) is 8.78 Å². The second-order valence-electron chi connectivity index (χ2n) is 2.10. The Kier molecular flexibility index (Phi) is 2.98. The van der Waals surface area contributed by atoms with E-state index >= 15 is 0 Å². The summed E-state index contributed by atoms with van der Waals surface area (Å²) in [5.41, 5.74) is 0. The summed E-state index contributed by atoms with van der Waals surface area (Å²) in [5, 5.41) is 9.64.